The second kappa shape index (κ2) is 8.53. The fraction of sp³-hybridized carbons (Fsp3) is 0.0833. The van der Waals surface area contributed by atoms with Crippen molar-refractivity contribution in [1.82, 2.24) is 15.2 Å². The predicted molar refractivity (Wildman–Crippen MR) is 118 cm³/mol. The van der Waals surface area contributed by atoms with Gasteiger partial charge in [0.05, 0.1) is 17.6 Å². The van der Waals surface area contributed by atoms with Gasteiger partial charge in [-0.05, 0) is 24.1 Å². The summed E-state index contributed by atoms with van der Waals surface area (Å²) < 4.78 is 1.32. The highest BCUT2D eigenvalue weighted by atomic mass is 16.2. The van der Waals surface area contributed by atoms with Crippen molar-refractivity contribution in [1.29, 1.82) is 0 Å². The quantitative estimate of drug-likeness (QED) is 0.414. The molecule has 0 spiro atoms. The van der Waals surface area contributed by atoms with Crippen LogP contribution in [-0.4, -0.2) is 21.4 Å². The summed E-state index contributed by atoms with van der Waals surface area (Å²) in [5, 5.41) is 9.51. The Kier molecular flexibility index (Phi) is 5.48. The molecule has 6 heteroatoms. The maximum Gasteiger partial charge on any atom is 0.292 e. The summed E-state index contributed by atoms with van der Waals surface area (Å²) in [5.74, 6) is -0.469. The van der Waals surface area contributed by atoms with Gasteiger partial charge >= 0.3 is 0 Å². The van der Waals surface area contributed by atoms with E-state index in [1.165, 1.54) is 4.68 Å². The van der Waals surface area contributed by atoms with E-state index in [9.17, 15) is 9.59 Å². The van der Waals surface area contributed by atoms with Crippen LogP contribution in [0.1, 0.15) is 28.5 Å². The molecule has 0 aliphatic carbocycles. The Labute approximate surface area is 173 Å². The van der Waals surface area contributed by atoms with Gasteiger partial charge in [-0.15, -0.1) is 0 Å². The van der Waals surface area contributed by atoms with Crippen LogP contribution >= 0.6 is 0 Å². The number of hydrogen-bond acceptors (Lipinski definition) is 4. The fourth-order valence-corrected chi connectivity index (χ4v) is 3.20. The Morgan fingerprint density at radius 3 is 2.20 bits per heavy atom. The lowest BCUT2D eigenvalue weighted by Gasteiger charge is -2.10. The minimum atomic E-state index is -0.469. The molecule has 4 rings (SSSR count). The molecule has 0 bridgehead atoms. The lowest BCUT2D eigenvalue weighted by Crippen LogP contribution is -2.29. The molecule has 0 fully saturated rings. The molecule has 1 N–H and O–H groups in total. The lowest BCUT2D eigenvalue weighted by molar-refractivity contribution is 0.0949. The minimum absolute atomic E-state index is 0.158. The van der Waals surface area contributed by atoms with Crippen molar-refractivity contribution < 1.29 is 4.79 Å². The molecule has 4 aromatic rings. The zero-order valence-corrected chi connectivity index (χ0v) is 16.4. The van der Waals surface area contributed by atoms with Crippen molar-refractivity contribution in [2.45, 2.75) is 13.5 Å². The first-order chi connectivity index (χ1) is 14.6. The number of fused-ring (bicyclic) bond motifs is 1. The summed E-state index contributed by atoms with van der Waals surface area (Å²) >= 11 is 0. The first-order valence-electron chi connectivity index (χ1n) is 9.57. The van der Waals surface area contributed by atoms with Gasteiger partial charge in [-0.2, -0.15) is 10.2 Å². The van der Waals surface area contributed by atoms with Gasteiger partial charge in [0.25, 0.3) is 11.5 Å². The Balaban J connectivity index is 1.71. The summed E-state index contributed by atoms with van der Waals surface area (Å²) in [6.45, 7) is 2.09. The number of hydrazone groups is 1. The highest BCUT2D eigenvalue weighted by Crippen LogP contribution is 2.14. The molecule has 1 aromatic heterocycles. The van der Waals surface area contributed by atoms with Crippen molar-refractivity contribution in [2.75, 3.05) is 0 Å². The largest absolute Gasteiger partial charge is 0.292 e. The van der Waals surface area contributed by atoms with Crippen LogP contribution in [0.15, 0.2) is 94.8 Å². The number of nitrogens with zero attached hydrogens (tertiary/aromatic N) is 3. The average molecular weight is 396 g/mol. The van der Waals surface area contributed by atoms with E-state index >= 15 is 0 Å². The molecular weight excluding hydrogens is 376 g/mol. The van der Waals surface area contributed by atoms with E-state index in [0.29, 0.717) is 16.5 Å². The minimum Gasteiger partial charge on any atom is -0.267 e. The maximum absolute atomic E-state index is 12.9. The maximum atomic E-state index is 12.9. The highest BCUT2D eigenvalue weighted by Gasteiger charge is 2.16. The zero-order valence-electron chi connectivity index (χ0n) is 16.4. The van der Waals surface area contributed by atoms with Crippen molar-refractivity contribution >= 4 is 22.4 Å². The molecule has 0 unspecified atom stereocenters. The molecule has 1 heterocycles. The molecule has 0 aliphatic heterocycles. The van der Waals surface area contributed by atoms with E-state index in [1.807, 2.05) is 67.6 Å². The number of nitrogens with one attached hydrogen (secondary N) is 1. The molecular formula is C24H20N4O2. The molecule has 0 radical (unpaired) electrons. The number of carbonyl (C=O) groups is 1. The molecule has 3 aromatic carbocycles. The number of carbonyl (C=O) groups excluding carboxylic acids is 1. The SMILES string of the molecule is C/C(=N/NC(=O)c1nn(Cc2ccccc2)c(=O)c2ccccc12)c1ccccc1. The van der Waals surface area contributed by atoms with Crippen molar-refractivity contribution in [3.63, 3.8) is 0 Å². The number of amides is 1. The number of benzene rings is 3. The molecule has 1 amide bonds. The summed E-state index contributed by atoms with van der Waals surface area (Å²) in [5.41, 5.74) is 4.99. The van der Waals surface area contributed by atoms with Crippen LogP contribution in [0.3, 0.4) is 0 Å². The van der Waals surface area contributed by atoms with Crippen molar-refractivity contribution in [2.24, 2.45) is 5.10 Å². The normalized spacial score (nSPS) is 11.4. The van der Waals surface area contributed by atoms with Crippen LogP contribution in [0, 0.1) is 0 Å². The lowest BCUT2D eigenvalue weighted by atomic mass is 10.1. The highest BCUT2D eigenvalue weighted by molar-refractivity contribution is 6.06. The molecule has 6 nitrogen and oxygen atoms in total. The van der Waals surface area contributed by atoms with Gasteiger partial charge < -0.3 is 0 Å². The van der Waals surface area contributed by atoms with Gasteiger partial charge in [-0.25, -0.2) is 10.1 Å². The Morgan fingerprint density at radius 2 is 1.50 bits per heavy atom. The van der Waals surface area contributed by atoms with Crippen molar-refractivity contribution in [3.05, 3.63) is 112 Å². The first kappa shape index (κ1) is 19.3. The Morgan fingerprint density at radius 1 is 0.900 bits per heavy atom. The standard InChI is InChI=1S/C24H20N4O2/c1-17(19-12-6-3-7-13-19)25-26-23(29)22-20-14-8-9-15-21(20)24(30)28(27-22)16-18-10-4-2-5-11-18/h2-15H,16H2,1H3,(H,26,29)/b25-17-. The van der Waals surface area contributed by atoms with Crippen molar-refractivity contribution in [3.8, 4) is 0 Å². The van der Waals surface area contributed by atoms with E-state index in [2.05, 4.69) is 15.6 Å². The van der Waals surface area contributed by atoms with Gasteiger partial charge in [-0.1, -0.05) is 78.9 Å². The fourth-order valence-electron chi connectivity index (χ4n) is 3.20. The number of aromatic nitrogens is 2. The number of hydrogen-bond donors (Lipinski definition) is 1. The van der Waals surface area contributed by atoms with E-state index < -0.39 is 5.91 Å². The summed E-state index contributed by atoms with van der Waals surface area (Å²) in [6.07, 6.45) is 0. The third kappa shape index (κ3) is 4.03. The second-order valence-corrected chi connectivity index (χ2v) is 6.85. The Bertz CT molecular complexity index is 1280. The van der Waals surface area contributed by atoms with Crippen LogP contribution in [0.4, 0.5) is 0 Å². The smallest absolute Gasteiger partial charge is 0.267 e. The summed E-state index contributed by atoms with van der Waals surface area (Å²) in [6, 6.07) is 26.1. The summed E-state index contributed by atoms with van der Waals surface area (Å²) in [4.78, 5) is 25.8. The van der Waals surface area contributed by atoms with Gasteiger partial charge in [0.1, 0.15) is 0 Å². The summed E-state index contributed by atoms with van der Waals surface area (Å²) in [7, 11) is 0. The molecule has 0 aliphatic rings. The number of rotatable bonds is 5. The van der Waals surface area contributed by atoms with Crippen LogP contribution < -0.4 is 11.0 Å². The molecule has 0 atom stereocenters. The molecule has 148 valence electrons. The van der Waals surface area contributed by atoms with Gasteiger partial charge in [0.2, 0.25) is 0 Å². The first-order valence-corrected chi connectivity index (χ1v) is 9.57. The molecule has 0 saturated carbocycles. The van der Waals surface area contributed by atoms with E-state index in [4.69, 9.17) is 0 Å². The monoisotopic (exact) mass is 396 g/mol. The van der Waals surface area contributed by atoms with Crippen LogP contribution in [0.5, 0.6) is 0 Å². The molecule has 0 saturated heterocycles. The third-order valence-corrected chi connectivity index (χ3v) is 4.77. The average Bonchev–Trinajstić information content (AvgIpc) is 2.80. The Hall–Kier alpha value is -4.06. The van der Waals surface area contributed by atoms with E-state index in [0.717, 1.165) is 11.1 Å². The molecule has 30 heavy (non-hydrogen) atoms. The van der Waals surface area contributed by atoms with Gasteiger partial charge in [0, 0.05) is 5.39 Å². The van der Waals surface area contributed by atoms with Gasteiger partial charge in [-0.3, -0.25) is 9.59 Å². The van der Waals surface area contributed by atoms with Crippen LogP contribution in [-0.2, 0) is 6.54 Å². The van der Waals surface area contributed by atoms with E-state index in [1.54, 1.807) is 24.3 Å². The zero-order chi connectivity index (χ0) is 20.9. The van der Waals surface area contributed by atoms with Crippen LogP contribution in [0.25, 0.3) is 10.8 Å². The topological polar surface area (TPSA) is 76.3 Å². The predicted octanol–water partition coefficient (Wildman–Crippen LogP) is 3.60. The van der Waals surface area contributed by atoms with Gasteiger partial charge in [0.15, 0.2) is 5.69 Å². The van der Waals surface area contributed by atoms with E-state index in [-0.39, 0.29) is 17.8 Å². The third-order valence-electron chi connectivity index (χ3n) is 4.77. The second-order valence-electron chi connectivity index (χ2n) is 6.85. The van der Waals surface area contributed by atoms with Crippen LogP contribution in [0.2, 0.25) is 0 Å².